The molecule has 2 amide bonds. The standard InChI is InChI=1S/C18H25N3O2S/c1-14(17(22)20-12-5-6-13-20)24-16-15(8-7-9-19-16)18(23)21-10-3-2-4-11-21/h7-9,14H,2-6,10-13H2,1H3/t14-/m1/s1. The summed E-state index contributed by atoms with van der Waals surface area (Å²) in [6.45, 7) is 5.26. The van der Waals surface area contributed by atoms with Crippen LogP contribution >= 0.6 is 11.8 Å². The van der Waals surface area contributed by atoms with Crippen molar-refractivity contribution in [2.45, 2.75) is 49.3 Å². The number of likely N-dealkylation sites (tertiary alicyclic amines) is 2. The molecule has 5 nitrogen and oxygen atoms in total. The molecule has 0 saturated carbocycles. The Labute approximate surface area is 147 Å². The van der Waals surface area contributed by atoms with E-state index in [1.165, 1.54) is 18.2 Å². The van der Waals surface area contributed by atoms with Crippen molar-refractivity contribution < 1.29 is 9.59 Å². The molecule has 130 valence electrons. The van der Waals surface area contributed by atoms with Crippen molar-refractivity contribution in [1.29, 1.82) is 0 Å². The second-order valence-corrected chi connectivity index (χ2v) is 7.83. The first-order chi connectivity index (χ1) is 11.7. The van der Waals surface area contributed by atoms with Crippen LogP contribution < -0.4 is 0 Å². The zero-order valence-corrected chi connectivity index (χ0v) is 15.1. The van der Waals surface area contributed by atoms with Crippen molar-refractivity contribution in [1.82, 2.24) is 14.8 Å². The molecule has 2 aliphatic rings. The first-order valence-corrected chi connectivity index (χ1v) is 9.74. The van der Waals surface area contributed by atoms with Crippen molar-refractivity contribution in [3.05, 3.63) is 23.9 Å². The van der Waals surface area contributed by atoms with Crippen LogP contribution in [0, 0.1) is 0 Å². The predicted octanol–water partition coefficient (Wildman–Crippen LogP) is 2.81. The van der Waals surface area contributed by atoms with Gasteiger partial charge in [-0.25, -0.2) is 4.98 Å². The molecule has 3 rings (SSSR count). The fourth-order valence-electron chi connectivity index (χ4n) is 3.33. The smallest absolute Gasteiger partial charge is 0.256 e. The molecule has 1 aromatic rings. The lowest BCUT2D eigenvalue weighted by molar-refractivity contribution is -0.129. The van der Waals surface area contributed by atoms with Crippen molar-refractivity contribution in [2.75, 3.05) is 26.2 Å². The predicted molar refractivity (Wildman–Crippen MR) is 95.1 cm³/mol. The number of piperidine rings is 1. The lowest BCUT2D eigenvalue weighted by Gasteiger charge is -2.27. The van der Waals surface area contributed by atoms with Crippen molar-refractivity contribution >= 4 is 23.6 Å². The number of carbonyl (C=O) groups excluding carboxylic acids is 2. The molecular weight excluding hydrogens is 322 g/mol. The third kappa shape index (κ3) is 3.91. The molecular formula is C18H25N3O2S. The number of carbonyl (C=O) groups is 2. The Morgan fingerprint density at radius 2 is 1.67 bits per heavy atom. The molecule has 0 radical (unpaired) electrons. The lowest BCUT2D eigenvalue weighted by Crippen LogP contribution is -2.36. The fourth-order valence-corrected chi connectivity index (χ4v) is 4.32. The molecule has 0 spiro atoms. The summed E-state index contributed by atoms with van der Waals surface area (Å²) in [6, 6.07) is 3.63. The van der Waals surface area contributed by atoms with E-state index in [2.05, 4.69) is 4.98 Å². The van der Waals surface area contributed by atoms with Crippen LogP contribution in [0.15, 0.2) is 23.4 Å². The van der Waals surface area contributed by atoms with Crippen molar-refractivity contribution in [3.63, 3.8) is 0 Å². The minimum atomic E-state index is -0.217. The average molecular weight is 347 g/mol. The van der Waals surface area contributed by atoms with E-state index in [-0.39, 0.29) is 17.1 Å². The molecule has 3 heterocycles. The molecule has 2 fully saturated rings. The van der Waals surface area contributed by atoms with Gasteiger partial charge in [0.15, 0.2) is 0 Å². The molecule has 1 atom stereocenters. The Kier molecular flexibility index (Phi) is 5.76. The summed E-state index contributed by atoms with van der Waals surface area (Å²) >= 11 is 1.41. The number of amides is 2. The van der Waals surface area contributed by atoms with E-state index in [9.17, 15) is 9.59 Å². The van der Waals surface area contributed by atoms with E-state index < -0.39 is 0 Å². The van der Waals surface area contributed by atoms with Gasteiger partial charge in [0.25, 0.3) is 5.91 Å². The maximum atomic E-state index is 12.8. The molecule has 0 aliphatic carbocycles. The monoisotopic (exact) mass is 347 g/mol. The van der Waals surface area contributed by atoms with Gasteiger partial charge in [-0.1, -0.05) is 11.8 Å². The highest BCUT2D eigenvalue weighted by atomic mass is 32.2. The summed E-state index contributed by atoms with van der Waals surface area (Å²) in [5.74, 6) is 0.200. The van der Waals surface area contributed by atoms with E-state index in [0.29, 0.717) is 10.6 Å². The number of pyridine rings is 1. The average Bonchev–Trinajstić information content (AvgIpc) is 3.16. The summed E-state index contributed by atoms with van der Waals surface area (Å²) in [4.78, 5) is 33.5. The largest absolute Gasteiger partial charge is 0.342 e. The number of hydrogen-bond acceptors (Lipinski definition) is 4. The van der Waals surface area contributed by atoms with Crippen LogP contribution in [-0.2, 0) is 4.79 Å². The van der Waals surface area contributed by atoms with Gasteiger partial charge < -0.3 is 9.80 Å². The summed E-state index contributed by atoms with van der Waals surface area (Å²) in [6.07, 6.45) is 7.20. The Morgan fingerprint density at radius 1 is 1.04 bits per heavy atom. The number of nitrogens with zero attached hydrogens (tertiary/aromatic N) is 3. The SMILES string of the molecule is C[C@@H](Sc1ncccc1C(=O)N1CCCCC1)C(=O)N1CCCC1. The third-order valence-corrected chi connectivity index (χ3v) is 5.80. The normalized spacial score (nSPS) is 19.4. The minimum absolute atomic E-state index is 0.0473. The summed E-state index contributed by atoms with van der Waals surface area (Å²) < 4.78 is 0. The van der Waals surface area contributed by atoms with Gasteiger partial charge in [-0.2, -0.15) is 0 Å². The van der Waals surface area contributed by atoms with Crippen LogP contribution in [-0.4, -0.2) is 58.0 Å². The second-order valence-electron chi connectivity index (χ2n) is 6.50. The first kappa shape index (κ1) is 17.3. The first-order valence-electron chi connectivity index (χ1n) is 8.86. The van der Waals surface area contributed by atoms with Gasteiger partial charge in [0.1, 0.15) is 5.03 Å². The molecule has 0 bridgehead atoms. The van der Waals surface area contributed by atoms with E-state index in [0.717, 1.165) is 51.9 Å². The number of rotatable bonds is 4. The third-order valence-electron chi connectivity index (χ3n) is 4.70. The molecule has 1 aromatic heterocycles. The highest BCUT2D eigenvalue weighted by Crippen LogP contribution is 2.28. The van der Waals surface area contributed by atoms with Crippen LogP contribution in [0.3, 0.4) is 0 Å². The van der Waals surface area contributed by atoms with Crippen LogP contribution in [0.4, 0.5) is 0 Å². The number of aromatic nitrogens is 1. The Morgan fingerprint density at radius 3 is 2.38 bits per heavy atom. The highest BCUT2D eigenvalue weighted by molar-refractivity contribution is 8.00. The zero-order chi connectivity index (χ0) is 16.9. The quantitative estimate of drug-likeness (QED) is 0.786. The number of hydrogen-bond donors (Lipinski definition) is 0. The molecule has 0 N–H and O–H groups in total. The number of thioether (sulfide) groups is 1. The van der Waals surface area contributed by atoms with Crippen molar-refractivity contribution in [3.8, 4) is 0 Å². The fraction of sp³-hybridized carbons (Fsp3) is 0.611. The van der Waals surface area contributed by atoms with E-state index >= 15 is 0 Å². The molecule has 2 saturated heterocycles. The highest BCUT2D eigenvalue weighted by Gasteiger charge is 2.27. The maximum absolute atomic E-state index is 12.8. The van der Waals surface area contributed by atoms with Gasteiger partial charge in [0.2, 0.25) is 5.91 Å². The Hall–Kier alpha value is -1.56. The van der Waals surface area contributed by atoms with Gasteiger partial charge in [0, 0.05) is 32.4 Å². The Balaban J connectivity index is 1.71. The van der Waals surface area contributed by atoms with Crippen LogP contribution in [0.5, 0.6) is 0 Å². The molecule has 6 heteroatoms. The van der Waals surface area contributed by atoms with E-state index in [1.807, 2.05) is 22.8 Å². The minimum Gasteiger partial charge on any atom is -0.342 e. The molecule has 2 aliphatic heterocycles. The molecule has 0 unspecified atom stereocenters. The van der Waals surface area contributed by atoms with E-state index in [4.69, 9.17) is 0 Å². The van der Waals surface area contributed by atoms with Crippen molar-refractivity contribution in [2.24, 2.45) is 0 Å². The van der Waals surface area contributed by atoms with Crippen LogP contribution in [0.25, 0.3) is 0 Å². The second kappa shape index (κ2) is 8.01. The summed E-state index contributed by atoms with van der Waals surface area (Å²) in [7, 11) is 0. The molecule has 24 heavy (non-hydrogen) atoms. The summed E-state index contributed by atoms with van der Waals surface area (Å²) in [5.41, 5.74) is 0.630. The maximum Gasteiger partial charge on any atom is 0.256 e. The molecule has 0 aromatic carbocycles. The van der Waals surface area contributed by atoms with Gasteiger partial charge in [-0.05, 0) is 51.2 Å². The Bertz CT molecular complexity index is 596. The van der Waals surface area contributed by atoms with Crippen LogP contribution in [0.2, 0.25) is 0 Å². The summed E-state index contributed by atoms with van der Waals surface area (Å²) in [5, 5.41) is 0.457. The lowest BCUT2D eigenvalue weighted by atomic mass is 10.1. The van der Waals surface area contributed by atoms with Crippen LogP contribution in [0.1, 0.15) is 49.4 Å². The van der Waals surface area contributed by atoms with Gasteiger partial charge in [0.05, 0.1) is 10.8 Å². The topological polar surface area (TPSA) is 53.5 Å². The zero-order valence-electron chi connectivity index (χ0n) is 14.2. The van der Waals surface area contributed by atoms with Gasteiger partial charge >= 0.3 is 0 Å². The van der Waals surface area contributed by atoms with Gasteiger partial charge in [-0.15, -0.1) is 0 Å². The van der Waals surface area contributed by atoms with E-state index in [1.54, 1.807) is 12.3 Å². The van der Waals surface area contributed by atoms with Gasteiger partial charge in [-0.3, -0.25) is 9.59 Å².